The summed E-state index contributed by atoms with van der Waals surface area (Å²) in [7, 11) is 0. The van der Waals surface area contributed by atoms with Gasteiger partial charge in [0.1, 0.15) is 6.73 Å². The van der Waals surface area contributed by atoms with Crippen LogP contribution in [0.15, 0.2) is 30.3 Å². The number of amides is 1. The van der Waals surface area contributed by atoms with E-state index in [-0.39, 0.29) is 12.0 Å². The normalized spacial score (nSPS) is 10.5. The van der Waals surface area contributed by atoms with Crippen molar-refractivity contribution in [3.05, 3.63) is 35.9 Å². The van der Waals surface area contributed by atoms with Crippen LogP contribution in [-0.2, 0) is 16.0 Å². The second kappa shape index (κ2) is 7.85. The Morgan fingerprint density at radius 2 is 1.88 bits per heavy atom. The van der Waals surface area contributed by atoms with E-state index >= 15 is 0 Å². The Balaban J connectivity index is 2.22. The van der Waals surface area contributed by atoms with Crippen LogP contribution in [-0.4, -0.2) is 18.7 Å². The van der Waals surface area contributed by atoms with Gasteiger partial charge in [0.05, 0.1) is 12.5 Å². The molecule has 1 amide bonds. The van der Waals surface area contributed by atoms with Gasteiger partial charge in [-0.15, -0.1) is 0 Å². The predicted molar refractivity (Wildman–Crippen MR) is 68.6 cm³/mol. The highest BCUT2D eigenvalue weighted by molar-refractivity contribution is 5.78. The summed E-state index contributed by atoms with van der Waals surface area (Å²) in [6, 6.07) is 9.70. The third-order valence-electron chi connectivity index (χ3n) is 2.71. The summed E-state index contributed by atoms with van der Waals surface area (Å²) >= 11 is 0. The first-order chi connectivity index (χ1) is 8.26. The fourth-order valence-corrected chi connectivity index (χ4v) is 1.61. The van der Waals surface area contributed by atoms with Gasteiger partial charge in [-0.3, -0.25) is 4.79 Å². The molecule has 0 radical (unpaired) electrons. The lowest BCUT2D eigenvalue weighted by molar-refractivity contribution is -0.122. The second-order valence-corrected chi connectivity index (χ2v) is 4.01. The number of benzene rings is 1. The smallest absolute Gasteiger partial charge is 0.226 e. The quantitative estimate of drug-likeness (QED) is 0.737. The highest BCUT2D eigenvalue weighted by Crippen LogP contribution is 2.02. The molecular formula is C14H21NO2. The topological polar surface area (TPSA) is 38.3 Å². The average Bonchev–Trinajstić information content (AvgIpc) is 2.36. The van der Waals surface area contributed by atoms with Crippen molar-refractivity contribution in [2.24, 2.45) is 0 Å². The maximum atomic E-state index is 11.6. The van der Waals surface area contributed by atoms with Crippen molar-refractivity contribution in [1.82, 2.24) is 5.32 Å². The van der Waals surface area contributed by atoms with Crippen LogP contribution in [0.25, 0.3) is 0 Å². The molecular weight excluding hydrogens is 214 g/mol. The van der Waals surface area contributed by atoms with Crippen molar-refractivity contribution in [2.75, 3.05) is 6.73 Å². The van der Waals surface area contributed by atoms with Crippen molar-refractivity contribution < 1.29 is 9.53 Å². The van der Waals surface area contributed by atoms with Crippen molar-refractivity contribution in [2.45, 2.75) is 39.2 Å². The van der Waals surface area contributed by atoms with Gasteiger partial charge in [-0.1, -0.05) is 44.2 Å². The number of hydrogen-bond donors (Lipinski definition) is 1. The van der Waals surface area contributed by atoms with Gasteiger partial charge >= 0.3 is 0 Å². The molecule has 0 bridgehead atoms. The van der Waals surface area contributed by atoms with E-state index < -0.39 is 0 Å². The highest BCUT2D eigenvalue weighted by atomic mass is 16.5. The van der Waals surface area contributed by atoms with E-state index in [1.165, 1.54) is 0 Å². The average molecular weight is 235 g/mol. The molecule has 1 aromatic rings. The van der Waals surface area contributed by atoms with Crippen LogP contribution < -0.4 is 5.32 Å². The van der Waals surface area contributed by atoms with Crippen molar-refractivity contribution in [3.8, 4) is 0 Å². The summed E-state index contributed by atoms with van der Waals surface area (Å²) in [6.07, 6.45) is 2.61. The largest absolute Gasteiger partial charge is 0.358 e. The number of carbonyl (C=O) groups excluding carboxylic acids is 1. The summed E-state index contributed by atoms with van der Waals surface area (Å²) < 4.78 is 5.52. The van der Waals surface area contributed by atoms with E-state index in [2.05, 4.69) is 19.2 Å². The summed E-state index contributed by atoms with van der Waals surface area (Å²) in [5.74, 6) is 0.00200. The molecule has 1 N–H and O–H groups in total. The molecule has 0 aliphatic rings. The van der Waals surface area contributed by atoms with E-state index in [0.29, 0.717) is 13.2 Å². The molecule has 0 fully saturated rings. The summed E-state index contributed by atoms with van der Waals surface area (Å²) in [6.45, 7) is 4.47. The highest BCUT2D eigenvalue weighted by Gasteiger charge is 2.05. The molecule has 0 aliphatic carbocycles. The van der Waals surface area contributed by atoms with Crippen LogP contribution in [0.3, 0.4) is 0 Å². The Bertz CT molecular complexity index is 320. The molecule has 0 saturated carbocycles. The van der Waals surface area contributed by atoms with E-state index in [0.717, 1.165) is 18.4 Å². The van der Waals surface area contributed by atoms with Gasteiger partial charge in [-0.05, 0) is 18.4 Å². The third kappa shape index (κ3) is 5.50. The predicted octanol–water partition coefficient (Wildman–Crippen LogP) is 2.51. The summed E-state index contributed by atoms with van der Waals surface area (Å²) in [4.78, 5) is 11.6. The van der Waals surface area contributed by atoms with Gasteiger partial charge in [0.25, 0.3) is 0 Å². The lowest BCUT2D eigenvalue weighted by Crippen LogP contribution is -2.30. The standard InChI is InChI=1S/C14H21NO2/c1-3-13(4-2)17-11-15-14(16)10-12-8-6-5-7-9-12/h5-9,13H,3-4,10-11H2,1-2H3,(H,15,16). The summed E-state index contributed by atoms with van der Waals surface area (Å²) in [5, 5.41) is 2.77. The minimum absolute atomic E-state index is 0.00200. The molecule has 0 heterocycles. The first-order valence-corrected chi connectivity index (χ1v) is 6.18. The Labute approximate surface area is 103 Å². The van der Waals surface area contributed by atoms with Crippen molar-refractivity contribution >= 4 is 5.91 Å². The lowest BCUT2D eigenvalue weighted by Gasteiger charge is -2.14. The molecule has 0 atom stereocenters. The van der Waals surface area contributed by atoms with E-state index in [9.17, 15) is 4.79 Å². The molecule has 0 spiro atoms. The van der Waals surface area contributed by atoms with Crippen LogP contribution in [0.2, 0.25) is 0 Å². The number of hydrogen-bond acceptors (Lipinski definition) is 2. The molecule has 94 valence electrons. The van der Waals surface area contributed by atoms with E-state index in [1.807, 2.05) is 30.3 Å². The Morgan fingerprint density at radius 3 is 2.47 bits per heavy atom. The molecule has 0 aliphatic heterocycles. The lowest BCUT2D eigenvalue weighted by atomic mass is 10.1. The zero-order valence-corrected chi connectivity index (χ0v) is 10.6. The monoisotopic (exact) mass is 235 g/mol. The number of carbonyl (C=O) groups is 1. The van der Waals surface area contributed by atoms with Gasteiger partial charge in [0, 0.05) is 0 Å². The van der Waals surface area contributed by atoms with Crippen LogP contribution in [0.4, 0.5) is 0 Å². The Kier molecular flexibility index (Phi) is 6.33. The number of ether oxygens (including phenoxy) is 1. The van der Waals surface area contributed by atoms with Gasteiger partial charge in [-0.25, -0.2) is 0 Å². The maximum Gasteiger partial charge on any atom is 0.226 e. The fourth-order valence-electron chi connectivity index (χ4n) is 1.61. The van der Waals surface area contributed by atoms with Crippen LogP contribution in [0.5, 0.6) is 0 Å². The van der Waals surface area contributed by atoms with Crippen LogP contribution in [0, 0.1) is 0 Å². The number of rotatable bonds is 7. The zero-order valence-electron chi connectivity index (χ0n) is 10.6. The molecule has 1 aromatic carbocycles. The zero-order chi connectivity index (χ0) is 12.5. The van der Waals surface area contributed by atoms with Gasteiger partial charge in [0.15, 0.2) is 0 Å². The Hall–Kier alpha value is -1.35. The van der Waals surface area contributed by atoms with Crippen LogP contribution >= 0.6 is 0 Å². The minimum Gasteiger partial charge on any atom is -0.358 e. The molecule has 0 unspecified atom stereocenters. The maximum absolute atomic E-state index is 11.6. The SMILES string of the molecule is CCC(CC)OCNC(=O)Cc1ccccc1. The third-order valence-corrected chi connectivity index (χ3v) is 2.71. The number of nitrogens with one attached hydrogen (secondary N) is 1. The Morgan fingerprint density at radius 1 is 1.24 bits per heavy atom. The molecule has 17 heavy (non-hydrogen) atoms. The minimum atomic E-state index is 0.00200. The van der Waals surface area contributed by atoms with Crippen molar-refractivity contribution in [3.63, 3.8) is 0 Å². The molecule has 0 aromatic heterocycles. The van der Waals surface area contributed by atoms with Crippen LogP contribution in [0.1, 0.15) is 32.3 Å². The first-order valence-electron chi connectivity index (χ1n) is 6.18. The molecule has 0 saturated heterocycles. The summed E-state index contributed by atoms with van der Waals surface area (Å²) in [5.41, 5.74) is 1.02. The molecule has 3 heteroatoms. The van der Waals surface area contributed by atoms with Crippen molar-refractivity contribution in [1.29, 1.82) is 0 Å². The first kappa shape index (κ1) is 13.7. The van der Waals surface area contributed by atoms with Gasteiger partial charge in [-0.2, -0.15) is 0 Å². The van der Waals surface area contributed by atoms with E-state index in [4.69, 9.17) is 4.74 Å². The van der Waals surface area contributed by atoms with E-state index in [1.54, 1.807) is 0 Å². The fraction of sp³-hybridized carbons (Fsp3) is 0.500. The molecule has 3 nitrogen and oxygen atoms in total. The molecule has 1 rings (SSSR count). The second-order valence-electron chi connectivity index (χ2n) is 4.01. The van der Waals surface area contributed by atoms with Gasteiger partial charge < -0.3 is 10.1 Å². The van der Waals surface area contributed by atoms with Gasteiger partial charge in [0.2, 0.25) is 5.91 Å².